The third-order valence-electron chi connectivity index (χ3n) is 5.28. The SMILES string of the molecule is C=CC1CN2CCC1CC2CNC(=O)Nc1ccc(C(C)=O)cc1. The highest BCUT2D eigenvalue weighted by Gasteiger charge is 2.38. The first-order valence-corrected chi connectivity index (χ1v) is 8.59. The van der Waals surface area contributed by atoms with Gasteiger partial charge in [-0.15, -0.1) is 6.58 Å². The molecule has 128 valence electrons. The van der Waals surface area contributed by atoms with Crippen LogP contribution in [0.4, 0.5) is 10.5 Å². The molecule has 4 atom stereocenters. The third-order valence-corrected chi connectivity index (χ3v) is 5.28. The molecule has 3 heterocycles. The molecule has 2 bridgehead atoms. The summed E-state index contributed by atoms with van der Waals surface area (Å²) >= 11 is 0. The summed E-state index contributed by atoms with van der Waals surface area (Å²) in [5.74, 6) is 1.33. The Kier molecular flexibility index (Phi) is 5.00. The van der Waals surface area contributed by atoms with E-state index in [0.29, 0.717) is 35.7 Å². The van der Waals surface area contributed by atoms with Gasteiger partial charge in [-0.25, -0.2) is 4.79 Å². The van der Waals surface area contributed by atoms with Gasteiger partial charge in [0.25, 0.3) is 0 Å². The van der Waals surface area contributed by atoms with E-state index in [1.807, 2.05) is 0 Å². The number of hydrogen-bond acceptors (Lipinski definition) is 3. The Morgan fingerprint density at radius 2 is 2.08 bits per heavy atom. The Hall–Kier alpha value is -2.14. The zero-order chi connectivity index (χ0) is 17.1. The van der Waals surface area contributed by atoms with Crippen molar-refractivity contribution >= 4 is 17.5 Å². The fourth-order valence-corrected chi connectivity index (χ4v) is 3.83. The van der Waals surface area contributed by atoms with Gasteiger partial charge in [-0.1, -0.05) is 6.08 Å². The summed E-state index contributed by atoms with van der Waals surface area (Å²) in [7, 11) is 0. The number of nitrogens with zero attached hydrogens (tertiary/aromatic N) is 1. The number of fused-ring (bicyclic) bond motifs is 3. The molecular formula is C19H25N3O2. The second-order valence-electron chi connectivity index (χ2n) is 6.80. The van der Waals surface area contributed by atoms with Gasteiger partial charge in [-0.3, -0.25) is 9.69 Å². The van der Waals surface area contributed by atoms with E-state index in [-0.39, 0.29) is 11.8 Å². The van der Waals surface area contributed by atoms with Crippen molar-refractivity contribution < 1.29 is 9.59 Å². The molecule has 2 N–H and O–H groups in total. The molecule has 2 amide bonds. The van der Waals surface area contributed by atoms with Crippen molar-refractivity contribution in [3.63, 3.8) is 0 Å². The molecule has 24 heavy (non-hydrogen) atoms. The molecule has 3 saturated heterocycles. The molecule has 5 heteroatoms. The van der Waals surface area contributed by atoms with Gasteiger partial charge >= 0.3 is 6.03 Å². The number of piperidine rings is 3. The lowest BCUT2D eigenvalue weighted by Gasteiger charge is -2.49. The lowest BCUT2D eigenvalue weighted by atomic mass is 9.75. The minimum Gasteiger partial charge on any atom is -0.336 e. The van der Waals surface area contributed by atoms with E-state index in [1.165, 1.54) is 13.3 Å². The summed E-state index contributed by atoms with van der Waals surface area (Å²) in [6, 6.07) is 7.16. The van der Waals surface area contributed by atoms with Crippen LogP contribution in [-0.2, 0) is 0 Å². The van der Waals surface area contributed by atoms with Gasteiger partial charge in [-0.05, 0) is 62.4 Å². The number of benzene rings is 1. The molecule has 4 unspecified atom stereocenters. The average Bonchev–Trinajstić information content (AvgIpc) is 2.60. The first-order chi connectivity index (χ1) is 11.6. The largest absolute Gasteiger partial charge is 0.336 e. The van der Waals surface area contributed by atoms with Gasteiger partial charge < -0.3 is 10.6 Å². The van der Waals surface area contributed by atoms with Crippen LogP contribution < -0.4 is 10.6 Å². The number of urea groups is 1. The minimum atomic E-state index is -0.200. The normalized spacial score (nSPS) is 28.2. The van der Waals surface area contributed by atoms with Crippen LogP contribution in [0.3, 0.4) is 0 Å². The molecule has 0 radical (unpaired) electrons. The summed E-state index contributed by atoms with van der Waals surface area (Å²) in [6.45, 7) is 8.31. The quantitative estimate of drug-likeness (QED) is 0.646. The lowest BCUT2D eigenvalue weighted by molar-refractivity contribution is 0.0209. The van der Waals surface area contributed by atoms with Gasteiger partial charge in [0, 0.05) is 30.4 Å². The van der Waals surface area contributed by atoms with E-state index >= 15 is 0 Å². The predicted octanol–water partition coefficient (Wildman–Crippen LogP) is 2.91. The summed E-state index contributed by atoms with van der Waals surface area (Å²) in [6.07, 6.45) is 4.45. The van der Waals surface area contributed by atoms with Crippen molar-refractivity contribution in [1.29, 1.82) is 0 Å². The van der Waals surface area contributed by atoms with Gasteiger partial charge in [0.05, 0.1) is 0 Å². The molecule has 1 aromatic rings. The van der Waals surface area contributed by atoms with Crippen molar-refractivity contribution in [1.82, 2.24) is 10.2 Å². The number of carbonyl (C=O) groups is 2. The summed E-state index contributed by atoms with van der Waals surface area (Å²) in [4.78, 5) is 25.8. The number of Topliss-reactive ketones (excluding diaryl/α,β-unsaturated/α-hetero) is 1. The van der Waals surface area contributed by atoms with Crippen molar-refractivity contribution in [2.75, 3.05) is 25.0 Å². The standard InChI is InChI=1S/C19H25N3O2/c1-3-14-12-22-9-8-16(14)10-18(22)11-20-19(24)21-17-6-4-15(5-7-17)13(2)23/h3-7,14,16,18H,1,8-12H2,2H3,(H2,20,21,24). The third kappa shape index (κ3) is 3.67. The van der Waals surface area contributed by atoms with Crippen LogP contribution in [0.1, 0.15) is 30.1 Å². The number of hydrogen-bond donors (Lipinski definition) is 2. The zero-order valence-electron chi connectivity index (χ0n) is 14.1. The molecule has 4 rings (SSSR count). The summed E-state index contributed by atoms with van der Waals surface area (Å²) in [5, 5.41) is 5.79. The molecule has 3 aliphatic heterocycles. The van der Waals surface area contributed by atoms with Crippen LogP contribution in [0.5, 0.6) is 0 Å². The van der Waals surface area contributed by atoms with Crippen LogP contribution in [0, 0.1) is 11.8 Å². The molecule has 0 aromatic heterocycles. The van der Waals surface area contributed by atoms with Gasteiger partial charge in [0.15, 0.2) is 5.78 Å². The highest BCUT2D eigenvalue weighted by molar-refractivity contribution is 5.95. The van der Waals surface area contributed by atoms with Crippen LogP contribution in [0.2, 0.25) is 0 Å². The molecule has 5 nitrogen and oxygen atoms in total. The smallest absolute Gasteiger partial charge is 0.319 e. The van der Waals surface area contributed by atoms with Crippen molar-refractivity contribution in [3.05, 3.63) is 42.5 Å². The zero-order valence-corrected chi connectivity index (χ0v) is 14.1. The number of rotatable bonds is 5. The first-order valence-electron chi connectivity index (χ1n) is 8.59. The number of nitrogens with one attached hydrogen (secondary N) is 2. The van der Waals surface area contributed by atoms with E-state index in [2.05, 4.69) is 28.2 Å². The molecule has 3 aliphatic rings. The molecule has 1 aromatic carbocycles. The van der Waals surface area contributed by atoms with E-state index < -0.39 is 0 Å². The molecule has 0 aliphatic carbocycles. The van der Waals surface area contributed by atoms with Crippen molar-refractivity contribution in [2.45, 2.75) is 25.8 Å². The first kappa shape index (κ1) is 16.7. The molecule has 0 spiro atoms. The molecule has 3 fully saturated rings. The Bertz CT molecular complexity index is 626. The van der Waals surface area contributed by atoms with Crippen molar-refractivity contribution in [3.8, 4) is 0 Å². The maximum absolute atomic E-state index is 12.1. The van der Waals surface area contributed by atoms with E-state index in [0.717, 1.165) is 19.5 Å². The minimum absolute atomic E-state index is 0.0187. The second-order valence-corrected chi connectivity index (χ2v) is 6.80. The number of anilines is 1. The fourth-order valence-electron chi connectivity index (χ4n) is 3.83. The average molecular weight is 327 g/mol. The topological polar surface area (TPSA) is 61.4 Å². The van der Waals surface area contributed by atoms with Gasteiger partial charge in [-0.2, -0.15) is 0 Å². The Balaban J connectivity index is 1.48. The predicted molar refractivity (Wildman–Crippen MR) is 95.2 cm³/mol. The highest BCUT2D eigenvalue weighted by atomic mass is 16.2. The Morgan fingerprint density at radius 1 is 1.33 bits per heavy atom. The van der Waals surface area contributed by atoms with Crippen LogP contribution in [0.25, 0.3) is 0 Å². The highest BCUT2D eigenvalue weighted by Crippen LogP contribution is 2.36. The fraction of sp³-hybridized carbons (Fsp3) is 0.474. The van der Waals surface area contributed by atoms with E-state index in [9.17, 15) is 9.59 Å². The monoisotopic (exact) mass is 327 g/mol. The van der Waals surface area contributed by atoms with E-state index in [1.54, 1.807) is 24.3 Å². The number of amides is 2. The lowest BCUT2D eigenvalue weighted by Crippen LogP contribution is -2.56. The van der Waals surface area contributed by atoms with Crippen LogP contribution >= 0.6 is 0 Å². The van der Waals surface area contributed by atoms with Gasteiger partial charge in [0.2, 0.25) is 0 Å². The maximum Gasteiger partial charge on any atom is 0.319 e. The van der Waals surface area contributed by atoms with Crippen LogP contribution in [0.15, 0.2) is 36.9 Å². The Morgan fingerprint density at radius 3 is 2.67 bits per heavy atom. The maximum atomic E-state index is 12.1. The van der Waals surface area contributed by atoms with Gasteiger partial charge in [0.1, 0.15) is 0 Å². The summed E-state index contributed by atoms with van der Waals surface area (Å²) < 4.78 is 0. The second kappa shape index (κ2) is 7.18. The number of carbonyl (C=O) groups excluding carboxylic acids is 2. The summed E-state index contributed by atoms with van der Waals surface area (Å²) in [5.41, 5.74) is 1.33. The van der Waals surface area contributed by atoms with E-state index in [4.69, 9.17) is 0 Å². The number of ketones is 1. The van der Waals surface area contributed by atoms with Crippen LogP contribution in [-0.4, -0.2) is 42.4 Å². The Labute approximate surface area is 143 Å². The molecular weight excluding hydrogens is 302 g/mol. The molecule has 0 saturated carbocycles. The van der Waals surface area contributed by atoms with Crippen molar-refractivity contribution in [2.24, 2.45) is 11.8 Å².